The number of anilines is 1. The number of ether oxygens (including phenoxy) is 2. The largest absolute Gasteiger partial charge is 0.493 e. The van der Waals surface area contributed by atoms with Crippen molar-refractivity contribution in [1.82, 2.24) is 0 Å². The molecule has 0 aliphatic rings. The lowest BCUT2D eigenvalue weighted by atomic mass is 10.0. The number of carbonyl (C=O) groups excluding carboxylic acids is 1. The first-order valence-corrected chi connectivity index (χ1v) is 9.46. The highest BCUT2D eigenvalue weighted by Gasteiger charge is 2.14. The average molecular weight is 390 g/mol. The molecule has 5 nitrogen and oxygen atoms in total. The smallest absolute Gasteiger partial charge is 0.266 e. The maximum atomic E-state index is 12.6. The summed E-state index contributed by atoms with van der Waals surface area (Å²) in [5.41, 5.74) is 3.23. The second-order valence-corrected chi connectivity index (χ2v) is 6.55. The van der Waals surface area contributed by atoms with Crippen LogP contribution >= 0.6 is 0 Å². The average Bonchev–Trinajstić information content (AvgIpc) is 2.71. The Bertz CT molecular complexity index is 955. The number of nitriles is 1. The van der Waals surface area contributed by atoms with Gasteiger partial charge in [0, 0.05) is 11.3 Å². The fourth-order valence-electron chi connectivity index (χ4n) is 2.83. The van der Waals surface area contributed by atoms with E-state index in [4.69, 9.17) is 9.47 Å². The molecule has 2 aromatic rings. The SMILES string of the molecule is C=CCc1cc(/C=C(\C#N)C(=O)Nc2cccc(C)c2)cc(OC)c1OCCC. The lowest BCUT2D eigenvalue weighted by molar-refractivity contribution is -0.112. The molecule has 0 spiro atoms. The molecule has 29 heavy (non-hydrogen) atoms. The maximum absolute atomic E-state index is 12.6. The summed E-state index contributed by atoms with van der Waals surface area (Å²) in [7, 11) is 1.56. The molecule has 0 fully saturated rings. The van der Waals surface area contributed by atoms with E-state index in [1.807, 2.05) is 44.2 Å². The molecule has 0 radical (unpaired) electrons. The Hall–Kier alpha value is -3.52. The summed E-state index contributed by atoms with van der Waals surface area (Å²) in [6.07, 6.45) is 4.77. The van der Waals surface area contributed by atoms with Crippen LogP contribution in [0.4, 0.5) is 5.69 Å². The van der Waals surface area contributed by atoms with E-state index in [0.29, 0.717) is 35.8 Å². The molecular formula is C24H26N2O3. The van der Waals surface area contributed by atoms with Gasteiger partial charge in [0.05, 0.1) is 13.7 Å². The minimum Gasteiger partial charge on any atom is -0.493 e. The number of carbonyl (C=O) groups is 1. The van der Waals surface area contributed by atoms with Crippen LogP contribution in [0.5, 0.6) is 11.5 Å². The molecule has 0 heterocycles. The van der Waals surface area contributed by atoms with Gasteiger partial charge in [0.1, 0.15) is 11.6 Å². The molecule has 2 rings (SSSR count). The first-order valence-electron chi connectivity index (χ1n) is 9.46. The van der Waals surface area contributed by atoms with Crippen molar-refractivity contribution in [2.24, 2.45) is 0 Å². The van der Waals surface area contributed by atoms with Gasteiger partial charge in [-0.3, -0.25) is 4.79 Å². The van der Waals surface area contributed by atoms with Gasteiger partial charge in [-0.1, -0.05) is 25.1 Å². The van der Waals surface area contributed by atoms with Gasteiger partial charge in [-0.2, -0.15) is 5.26 Å². The van der Waals surface area contributed by atoms with Gasteiger partial charge in [-0.05, 0) is 61.2 Å². The summed E-state index contributed by atoms with van der Waals surface area (Å²) in [6, 6.07) is 13.0. The van der Waals surface area contributed by atoms with Crippen molar-refractivity contribution in [1.29, 1.82) is 5.26 Å². The highest BCUT2D eigenvalue weighted by Crippen LogP contribution is 2.34. The summed E-state index contributed by atoms with van der Waals surface area (Å²) in [5, 5.41) is 12.3. The van der Waals surface area contributed by atoms with Crippen molar-refractivity contribution >= 4 is 17.7 Å². The zero-order valence-corrected chi connectivity index (χ0v) is 17.1. The summed E-state index contributed by atoms with van der Waals surface area (Å²) >= 11 is 0. The zero-order chi connectivity index (χ0) is 21.2. The van der Waals surface area contributed by atoms with Crippen LogP contribution in [0.25, 0.3) is 6.08 Å². The number of amides is 1. The number of aryl methyl sites for hydroxylation is 1. The van der Waals surface area contributed by atoms with Crippen molar-refractivity contribution in [3.63, 3.8) is 0 Å². The van der Waals surface area contributed by atoms with Crippen LogP contribution in [0.3, 0.4) is 0 Å². The molecule has 5 heteroatoms. The van der Waals surface area contributed by atoms with Gasteiger partial charge in [0.2, 0.25) is 0 Å². The van der Waals surface area contributed by atoms with Crippen LogP contribution in [-0.2, 0) is 11.2 Å². The molecule has 150 valence electrons. The van der Waals surface area contributed by atoms with E-state index in [0.717, 1.165) is 17.5 Å². The van der Waals surface area contributed by atoms with E-state index in [-0.39, 0.29) is 5.57 Å². The highest BCUT2D eigenvalue weighted by atomic mass is 16.5. The third-order valence-electron chi connectivity index (χ3n) is 4.14. The molecule has 1 amide bonds. The number of nitrogens with zero attached hydrogens (tertiary/aromatic N) is 1. The molecule has 0 aliphatic carbocycles. The first-order chi connectivity index (χ1) is 14.0. The van der Waals surface area contributed by atoms with E-state index in [9.17, 15) is 10.1 Å². The highest BCUT2D eigenvalue weighted by molar-refractivity contribution is 6.09. The molecule has 0 aliphatic heterocycles. The van der Waals surface area contributed by atoms with E-state index in [1.54, 1.807) is 31.4 Å². The molecule has 1 N–H and O–H groups in total. The fraction of sp³-hybridized carbons (Fsp3) is 0.250. The number of benzene rings is 2. The molecule has 2 aromatic carbocycles. The number of rotatable bonds is 9. The molecule has 0 atom stereocenters. The van der Waals surface area contributed by atoms with Crippen molar-refractivity contribution in [3.05, 3.63) is 71.3 Å². The molecule has 0 aromatic heterocycles. The summed E-state index contributed by atoms with van der Waals surface area (Å²) in [5.74, 6) is 0.753. The van der Waals surface area contributed by atoms with Gasteiger partial charge < -0.3 is 14.8 Å². The lowest BCUT2D eigenvalue weighted by Crippen LogP contribution is -2.13. The summed E-state index contributed by atoms with van der Waals surface area (Å²) in [6.45, 7) is 8.33. The third kappa shape index (κ3) is 5.98. The predicted molar refractivity (Wildman–Crippen MR) is 116 cm³/mol. The number of nitrogens with one attached hydrogen (secondary N) is 1. The minimum atomic E-state index is -0.464. The van der Waals surface area contributed by atoms with Gasteiger partial charge >= 0.3 is 0 Å². The molecular weight excluding hydrogens is 364 g/mol. The van der Waals surface area contributed by atoms with Crippen LogP contribution < -0.4 is 14.8 Å². The van der Waals surface area contributed by atoms with Gasteiger partial charge in [0.15, 0.2) is 11.5 Å². The van der Waals surface area contributed by atoms with Crippen LogP contribution in [0, 0.1) is 18.3 Å². The Balaban J connectivity index is 2.38. The number of hydrogen-bond donors (Lipinski definition) is 1. The van der Waals surface area contributed by atoms with Crippen LogP contribution in [-0.4, -0.2) is 19.6 Å². The number of allylic oxidation sites excluding steroid dienone is 1. The molecule has 0 saturated heterocycles. The first kappa shape index (κ1) is 21.8. The van der Waals surface area contributed by atoms with Crippen molar-refractivity contribution < 1.29 is 14.3 Å². The van der Waals surface area contributed by atoms with E-state index >= 15 is 0 Å². The van der Waals surface area contributed by atoms with Crippen LogP contribution in [0.1, 0.15) is 30.0 Å². The van der Waals surface area contributed by atoms with Gasteiger partial charge in [0.25, 0.3) is 5.91 Å². The fourth-order valence-corrected chi connectivity index (χ4v) is 2.83. The number of methoxy groups -OCH3 is 1. The van der Waals surface area contributed by atoms with Crippen molar-refractivity contribution in [3.8, 4) is 17.6 Å². The Morgan fingerprint density at radius 3 is 2.72 bits per heavy atom. The third-order valence-corrected chi connectivity index (χ3v) is 4.14. The summed E-state index contributed by atoms with van der Waals surface area (Å²) in [4.78, 5) is 12.6. The van der Waals surface area contributed by atoms with E-state index in [1.165, 1.54) is 0 Å². The monoisotopic (exact) mass is 390 g/mol. The Morgan fingerprint density at radius 1 is 1.31 bits per heavy atom. The topological polar surface area (TPSA) is 71.4 Å². The zero-order valence-electron chi connectivity index (χ0n) is 17.1. The van der Waals surface area contributed by atoms with E-state index < -0.39 is 5.91 Å². The maximum Gasteiger partial charge on any atom is 0.266 e. The second-order valence-electron chi connectivity index (χ2n) is 6.55. The van der Waals surface area contributed by atoms with Crippen LogP contribution in [0.15, 0.2) is 54.6 Å². The van der Waals surface area contributed by atoms with Gasteiger partial charge in [-0.15, -0.1) is 6.58 Å². The Morgan fingerprint density at radius 2 is 2.10 bits per heavy atom. The van der Waals surface area contributed by atoms with E-state index in [2.05, 4.69) is 11.9 Å². The predicted octanol–water partition coefficient (Wildman–Crippen LogP) is 5.07. The number of hydrogen-bond acceptors (Lipinski definition) is 4. The lowest BCUT2D eigenvalue weighted by Gasteiger charge is -2.15. The summed E-state index contributed by atoms with van der Waals surface area (Å²) < 4.78 is 11.3. The normalized spacial score (nSPS) is 10.8. The molecule has 0 bridgehead atoms. The van der Waals surface area contributed by atoms with Crippen molar-refractivity contribution in [2.75, 3.05) is 19.0 Å². The quantitative estimate of drug-likeness (QED) is 0.369. The Kier molecular flexibility index (Phi) is 8.05. The standard InChI is InChI=1S/C24H26N2O3/c1-5-8-19-13-18(15-22(28-4)23(19)29-11-6-2)14-20(16-25)24(27)26-21-10-7-9-17(3)12-21/h5,7,9-10,12-15H,1,6,8,11H2,2-4H3,(H,26,27)/b20-14+. The van der Waals surface area contributed by atoms with Crippen LogP contribution in [0.2, 0.25) is 0 Å². The Labute approximate surface area is 172 Å². The molecule has 0 saturated carbocycles. The van der Waals surface area contributed by atoms with Gasteiger partial charge in [-0.25, -0.2) is 0 Å². The molecule has 0 unspecified atom stereocenters. The second kappa shape index (κ2) is 10.7. The van der Waals surface area contributed by atoms with Crippen molar-refractivity contribution in [2.45, 2.75) is 26.7 Å². The minimum absolute atomic E-state index is 0.000314.